The molecule has 2 rings (SSSR count). The van der Waals surface area contributed by atoms with Crippen LogP contribution in [0.5, 0.6) is 0 Å². The van der Waals surface area contributed by atoms with E-state index in [9.17, 15) is 8.42 Å². The molecular formula is C11H14ClNO2S. The Morgan fingerprint density at radius 1 is 1.25 bits per heavy atom. The van der Waals surface area contributed by atoms with E-state index in [0.717, 1.165) is 30.5 Å². The lowest BCUT2D eigenvalue weighted by Crippen LogP contribution is -2.32. The Morgan fingerprint density at radius 2 is 2.00 bits per heavy atom. The molecule has 0 unspecified atom stereocenters. The van der Waals surface area contributed by atoms with Gasteiger partial charge in [-0.2, -0.15) is 0 Å². The predicted molar refractivity (Wildman–Crippen MR) is 66.4 cm³/mol. The molecule has 0 amide bonds. The number of hydrogen-bond acceptors (Lipinski definition) is 2. The SMILES string of the molecule is O=S(=O)(CCl)N1CCCCc2ccccc21. The molecule has 88 valence electrons. The van der Waals surface area contributed by atoms with Gasteiger partial charge in [0.2, 0.25) is 10.0 Å². The second-order valence-electron chi connectivity index (χ2n) is 3.88. The molecule has 0 atom stereocenters. The van der Waals surface area contributed by atoms with E-state index in [1.54, 1.807) is 0 Å². The van der Waals surface area contributed by atoms with Gasteiger partial charge < -0.3 is 0 Å². The van der Waals surface area contributed by atoms with Gasteiger partial charge in [-0.05, 0) is 30.9 Å². The third kappa shape index (κ3) is 2.18. The fourth-order valence-electron chi connectivity index (χ4n) is 2.00. The van der Waals surface area contributed by atoms with Crippen molar-refractivity contribution >= 4 is 27.3 Å². The van der Waals surface area contributed by atoms with Crippen molar-refractivity contribution in [3.63, 3.8) is 0 Å². The lowest BCUT2D eigenvalue weighted by atomic mass is 10.1. The van der Waals surface area contributed by atoms with Crippen molar-refractivity contribution in [1.82, 2.24) is 0 Å². The molecule has 1 heterocycles. The Kier molecular flexibility index (Phi) is 3.40. The number of rotatable bonds is 2. The first-order valence-corrected chi connectivity index (χ1v) is 7.44. The van der Waals surface area contributed by atoms with E-state index in [0.29, 0.717) is 6.54 Å². The van der Waals surface area contributed by atoms with Crippen LogP contribution in [0.3, 0.4) is 0 Å². The zero-order chi connectivity index (χ0) is 11.6. The van der Waals surface area contributed by atoms with Crippen LogP contribution < -0.4 is 4.31 Å². The first kappa shape index (κ1) is 11.7. The number of aryl methyl sites for hydroxylation is 1. The first-order valence-electron chi connectivity index (χ1n) is 5.29. The number of hydrogen-bond donors (Lipinski definition) is 0. The van der Waals surface area contributed by atoms with Crippen LogP contribution in [0, 0.1) is 0 Å². The maximum atomic E-state index is 11.9. The molecule has 0 saturated carbocycles. The van der Waals surface area contributed by atoms with Crippen LogP contribution in [0.25, 0.3) is 0 Å². The Bertz CT molecular complexity index is 473. The van der Waals surface area contributed by atoms with Gasteiger partial charge in [0.25, 0.3) is 0 Å². The summed E-state index contributed by atoms with van der Waals surface area (Å²) >= 11 is 5.52. The summed E-state index contributed by atoms with van der Waals surface area (Å²) in [4.78, 5) is 0. The number of benzene rings is 1. The van der Waals surface area contributed by atoms with Crippen LogP contribution in [-0.4, -0.2) is 20.2 Å². The van der Waals surface area contributed by atoms with E-state index in [2.05, 4.69) is 0 Å². The minimum atomic E-state index is -3.36. The first-order chi connectivity index (χ1) is 7.65. The van der Waals surface area contributed by atoms with Gasteiger partial charge in [0.05, 0.1) is 5.69 Å². The summed E-state index contributed by atoms with van der Waals surface area (Å²) in [5.74, 6) is 0. The summed E-state index contributed by atoms with van der Waals surface area (Å²) in [6.07, 6.45) is 2.83. The highest BCUT2D eigenvalue weighted by Gasteiger charge is 2.24. The number of fused-ring (bicyclic) bond motifs is 1. The standard InChI is InChI=1S/C11H14ClNO2S/c12-9-16(14,15)13-8-4-3-6-10-5-1-2-7-11(10)13/h1-2,5,7H,3-4,6,8-9H2. The smallest absolute Gasteiger partial charge is 0.249 e. The van der Waals surface area contributed by atoms with Gasteiger partial charge in [0, 0.05) is 6.54 Å². The second kappa shape index (κ2) is 4.63. The lowest BCUT2D eigenvalue weighted by Gasteiger charge is -2.23. The van der Waals surface area contributed by atoms with Gasteiger partial charge in [0.15, 0.2) is 0 Å². The van der Waals surface area contributed by atoms with Crippen LogP contribution in [0.15, 0.2) is 24.3 Å². The molecule has 0 bridgehead atoms. The predicted octanol–water partition coefficient (Wildman–Crippen LogP) is 2.36. The van der Waals surface area contributed by atoms with E-state index >= 15 is 0 Å². The topological polar surface area (TPSA) is 37.4 Å². The molecule has 0 radical (unpaired) electrons. The van der Waals surface area contributed by atoms with Crippen molar-refractivity contribution < 1.29 is 8.42 Å². The van der Waals surface area contributed by atoms with Crippen molar-refractivity contribution in [3.8, 4) is 0 Å². The minimum absolute atomic E-state index is 0.360. The number of nitrogens with zero attached hydrogens (tertiary/aromatic N) is 1. The fraction of sp³-hybridized carbons (Fsp3) is 0.455. The highest BCUT2D eigenvalue weighted by Crippen LogP contribution is 2.28. The Labute approximate surface area is 101 Å². The Balaban J connectivity index is 2.48. The lowest BCUT2D eigenvalue weighted by molar-refractivity contribution is 0.594. The molecule has 0 fully saturated rings. The molecule has 16 heavy (non-hydrogen) atoms. The maximum absolute atomic E-state index is 11.9. The quantitative estimate of drug-likeness (QED) is 0.765. The summed E-state index contributed by atoms with van der Waals surface area (Å²) < 4.78 is 25.2. The monoisotopic (exact) mass is 259 g/mol. The molecule has 5 heteroatoms. The molecule has 0 aromatic heterocycles. The summed E-state index contributed by atoms with van der Waals surface area (Å²) in [6, 6.07) is 7.64. The van der Waals surface area contributed by atoms with Crippen molar-refractivity contribution in [3.05, 3.63) is 29.8 Å². The molecule has 1 aromatic rings. The number of para-hydroxylation sites is 1. The summed E-state index contributed by atoms with van der Waals surface area (Å²) in [6.45, 7) is 0.534. The van der Waals surface area contributed by atoms with Gasteiger partial charge in [-0.3, -0.25) is 4.31 Å². The third-order valence-corrected chi connectivity index (χ3v) is 4.95. The molecule has 0 saturated heterocycles. The Morgan fingerprint density at radius 3 is 2.75 bits per heavy atom. The molecule has 1 aromatic carbocycles. The normalized spacial score (nSPS) is 16.7. The van der Waals surface area contributed by atoms with E-state index in [1.807, 2.05) is 24.3 Å². The number of sulfonamides is 1. The van der Waals surface area contributed by atoms with Gasteiger partial charge in [0.1, 0.15) is 5.21 Å². The van der Waals surface area contributed by atoms with Crippen LogP contribution >= 0.6 is 11.6 Å². The maximum Gasteiger partial charge on any atom is 0.249 e. The molecule has 0 aliphatic carbocycles. The van der Waals surface area contributed by atoms with Crippen LogP contribution in [0.1, 0.15) is 18.4 Å². The van der Waals surface area contributed by atoms with E-state index in [4.69, 9.17) is 11.6 Å². The zero-order valence-electron chi connectivity index (χ0n) is 8.89. The van der Waals surface area contributed by atoms with Crippen molar-refractivity contribution in [1.29, 1.82) is 0 Å². The van der Waals surface area contributed by atoms with Crippen molar-refractivity contribution in [2.75, 3.05) is 16.1 Å². The molecule has 1 aliphatic heterocycles. The van der Waals surface area contributed by atoms with Crippen LogP contribution in [0.2, 0.25) is 0 Å². The second-order valence-corrected chi connectivity index (χ2v) is 6.36. The van der Waals surface area contributed by atoms with Gasteiger partial charge in [-0.1, -0.05) is 18.2 Å². The van der Waals surface area contributed by atoms with E-state index in [-0.39, 0.29) is 5.21 Å². The van der Waals surface area contributed by atoms with Gasteiger partial charge >= 0.3 is 0 Å². The highest BCUT2D eigenvalue weighted by atomic mass is 35.5. The Hall–Kier alpha value is -0.740. The minimum Gasteiger partial charge on any atom is -0.269 e. The van der Waals surface area contributed by atoms with Crippen molar-refractivity contribution in [2.45, 2.75) is 19.3 Å². The van der Waals surface area contributed by atoms with Crippen molar-refractivity contribution in [2.24, 2.45) is 0 Å². The van der Waals surface area contributed by atoms with Gasteiger partial charge in [-0.15, -0.1) is 11.6 Å². The highest BCUT2D eigenvalue weighted by molar-refractivity contribution is 7.93. The number of alkyl halides is 1. The van der Waals surface area contributed by atoms with E-state index in [1.165, 1.54) is 4.31 Å². The summed E-state index contributed by atoms with van der Waals surface area (Å²) in [7, 11) is -3.36. The van der Waals surface area contributed by atoms with Gasteiger partial charge in [-0.25, -0.2) is 8.42 Å². The average Bonchev–Trinajstić information content (AvgIpc) is 2.51. The molecule has 3 nitrogen and oxygen atoms in total. The third-order valence-electron chi connectivity index (χ3n) is 2.79. The molecule has 0 N–H and O–H groups in total. The zero-order valence-corrected chi connectivity index (χ0v) is 10.5. The average molecular weight is 260 g/mol. The van der Waals surface area contributed by atoms with Crippen LogP contribution in [-0.2, 0) is 16.4 Å². The fourth-order valence-corrected chi connectivity index (χ4v) is 3.36. The molecular weight excluding hydrogens is 246 g/mol. The summed E-state index contributed by atoms with van der Waals surface area (Å²) in [5, 5.41) is -0.360. The number of halogens is 1. The largest absolute Gasteiger partial charge is 0.269 e. The van der Waals surface area contributed by atoms with E-state index < -0.39 is 10.0 Å². The molecule has 0 spiro atoms. The molecule has 1 aliphatic rings. The summed E-state index contributed by atoms with van der Waals surface area (Å²) in [5.41, 5.74) is 1.88. The number of anilines is 1. The van der Waals surface area contributed by atoms with Crippen LogP contribution in [0.4, 0.5) is 5.69 Å².